The van der Waals surface area contributed by atoms with Crippen LogP contribution < -0.4 is 5.32 Å². The highest BCUT2D eigenvalue weighted by atomic mass is 35.5. The van der Waals surface area contributed by atoms with E-state index in [2.05, 4.69) is 34.3 Å². The van der Waals surface area contributed by atoms with Crippen molar-refractivity contribution in [2.75, 3.05) is 12.4 Å². The van der Waals surface area contributed by atoms with Gasteiger partial charge >= 0.3 is 0 Å². The molecule has 1 heterocycles. The summed E-state index contributed by atoms with van der Waals surface area (Å²) in [6.45, 7) is 2.15. The van der Waals surface area contributed by atoms with E-state index in [0.29, 0.717) is 5.95 Å². The Hall–Kier alpha value is -1.61. The number of aryl methyl sites for hydroxylation is 1. The van der Waals surface area contributed by atoms with Crippen LogP contribution >= 0.6 is 11.6 Å². The first-order valence-electron chi connectivity index (χ1n) is 6.49. The molecule has 2 aromatic rings. The van der Waals surface area contributed by atoms with Crippen LogP contribution in [0.5, 0.6) is 0 Å². The Morgan fingerprint density at radius 3 is 2.47 bits per heavy atom. The van der Waals surface area contributed by atoms with Gasteiger partial charge in [-0.3, -0.25) is 0 Å². The van der Waals surface area contributed by atoms with E-state index in [9.17, 15) is 0 Å². The summed E-state index contributed by atoms with van der Waals surface area (Å²) < 4.78 is 0. The Morgan fingerprint density at radius 2 is 1.89 bits per heavy atom. The quantitative estimate of drug-likeness (QED) is 0.918. The third kappa shape index (κ3) is 2.43. The molecule has 4 heteroatoms. The molecular formula is C15H16ClN3. The first-order valence-corrected chi connectivity index (χ1v) is 6.87. The molecule has 0 saturated heterocycles. The van der Waals surface area contributed by atoms with Gasteiger partial charge in [-0.05, 0) is 48.9 Å². The van der Waals surface area contributed by atoms with Gasteiger partial charge < -0.3 is 5.32 Å². The normalized spacial score (nSPS) is 14.5. The fourth-order valence-electron chi connectivity index (χ4n) is 2.35. The van der Waals surface area contributed by atoms with Crippen molar-refractivity contribution in [3.63, 3.8) is 0 Å². The molecule has 0 amide bonds. The number of halogens is 1. The monoisotopic (exact) mass is 273 g/mol. The first-order chi connectivity index (χ1) is 9.19. The Morgan fingerprint density at radius 1 is 1.21 bits per heavy atom. The molecule has 1 aliphatic rings. The number of nitrogens with one attached hydrogen (secondary N) is 1. The minimum absolute atomic E-state index is 0.617. The lowest BCUT2D eigenvalue weighted by molar-refractivity contribution is 1.10. The lowest BCUT2D eigenvalue weighted by Crippen LogP contribution is -1.96. The average Bonchev–Trinajstić information content (AvgIpc) is 3.25. The van der Waals surface area contributed by atoms with Crippen LogP contribution in [0.25, 0.3) is 11.1 Å². The standard InChI is InChI=1S/C15H16ClN3/c1-9-5-13(11-7-18-15(17-2)19-8-11)14(16)6-12(9)10-3-4-10/h5-8,10H,3-4H2,1-2H3,(H,17,18,19). The van der Waals surface area contributed by atoms with Crippen molar-refractivity contribution in [1.29, 1.82) is 0 Å². The number of anilines is 1. The molecule has 19 heavy (non-hydrogen) atoms. The van der Waals surface area contributed by atoms with Crippen LogP contribution in [0.2, 0.25) is 5.02 Å². The predicted molar refractivity (Wildman–Crippen MR) is 78.7 cm³/mol. The van der Waals surface area contributed by atoms with Gasteiger partial charge in [0.1, 0.15) is 0 Å². The molecular weight excluding hydrogens is 258 g/mol. The summed E-state index contributed by atoms with van der Waals surface area (Å²) in [6, 6.07) is 4.25. The van der Waals surface area contributed by atoms with E-state index < -0.39 is 0 Å². The second-order valence-corrected chi connectivity index (χ2v) is 5.42. The zero-order valence-corrected chi connectivity index (χ0v) is 11.8. The summed E-state index contributed by atoms with van der Waals surface area (Å²) in [5, 5.41) is 3.69. The molecule has 0 atom stereocenters. The van der Waals surface area contributed by atoms with Crippen LogP contribution in [0.15, 0.2) is 24.5 Å². The van der Waals surface area contributed by atoms with Gasteiger partial charge in [0.05, 0.1) is 0 Å². The van der Waals surface area contributed by atoms with E-state index in [1.165, 1.54) is 24.0 Å². The molecule has 0 bridgehead atoms. The molecule has 0 aliphatic heterocycles. The molecule has 0 spiro atoms. The Balaban J connectivity index is 2.01. The van der Waals surface area contributed by atoms with Crippen LogP contribution in [0, 0.1) is 6.92 Å². The summed E-state index contributed by atoms with van der Waals surface area (Å²) in [5.74, 6) is 1.33. The molecule has 1 aromatic heterocycles. The number of hydrogen-bond donors (Lipinski definition) is 1. The van der Waals surface area contributed by atoms with E-state index in [-0.39, 0.29) is 0 Å². The van der Waals surface area contributed by atoms with Gasteiger partial charge in [-0.15, -0.1) is 0 Å². The molecule has 1 fully saturated rings. The molecule has 1 aromatic carbocycles. The third-order valence-corrected chi connectivity index (χ3v) is 3.87. The Kier molecular flexibility index (Phi) is 3.15. The van der Waals surface area contributed by atoms with Crippen molar-refractivity contribution in [1.82, 2.24) is 9.97 Å². The Bertz CT molecular complexity index is 604. The zero-order valence-electron chi connectivity index (χ0n) is 11.1. The molecule has 0 radical (unpaired) electrons. The van der Waals surface area contributed by atoms with E-state index in [1.807, 2.05) is 0 Å². The van der Waals surface area contributed by atoms with Crippen molar-refractivity contribution in [2.24, 2.45) is 0 Å². The SMILES string of the molecule is CNc1ncc(-c2cc(C)c(C3CC3)cc2Cl)cn1. The molecule has 1 saturated carbocycles. The van der Waals surface area contributed by atoms with Crippen LogP contribution in [0.3, 0.4) is 0 Å². The number of benzene rings is 1. The summed E-state index contributed by atoms with van der Waals surface area (Å²) in [6.07, 6.45) is 6.18. The molecule has 3 nitrogen and oxygen atoms in total. The summed E-state index contributed by atoms with van der Waals surface area (Å²) in [4.78, 5) is 8.47. The van der Waals surface area contributed by atoms with Crippen LogP contribution in [-0.2, 0) is 0 Å². The number of rotatable bonds is 3. The minimum Gasteiger partial charge on any atom is -0.357 e. The van der Waals surface area contributed by atoms with Gasteiger partial charge in [0.2, 0.25) is 5.95 Å². The topological polar surface area (TPSA) is 37.8 Å². The second-order valence-electron chi connectivity index (χ2n) is 5.01. The summed E-state index contributed by atoms with van der Waals surface area (Å²) in [5.41, 5.74) is 4.65. The van der Waals surface area contributed by atoms with Gasteiger partial charge in [-0.25, -0.2) is 9.97 Å². The van der Waals surface area contributed by atoms with Crippen LogP contribution in [0.1, 0.15) is 29.9 Å². The van der Waals surface area contributed by atoms with Crippen molar-refractivity contribution >= 4 is 17.5 Å². The smallest absolute Gasteiger partial charge is 0.222 e. The molecule has 0 unspecified atom stereocenters. The van der Waals surface area contributed by atoms with E-state index in [0.717, 1.165) is 22.1 Å². The Labute approximate surface area is 118 Å². The average molecular weight is 274 g/mol. The van der Waals surface area contributed by atoms with Gasteiger partial charge in [0.15, 0.2) is 0 Å². The summed E-state index contributed by atoms with van der Waals surface area (Å²) >= 11 is 6.41. The number of hydrogen-bond acceptors (Lipinski definition) is 3. The van der Waals surface area contributed by atoms with Crippen molar-refractivity contribution < 1.29 is 0 Å². The maximum absolute atomic E-state index is 6.41. The lowest BCUT2D eigenvalue weighted by atomic mass is 9.99. The molecule has 1 aliphatic carbocycles. The largest absolute Gasteiger partial charge is 0.357 e. The number of nitrogens with zero attached hydrogens (tertiary/aromatic N) is 2. The molecule has 98 valence electrons. The molecule has 3 rings (SSSR count). The maximum Gasteiger partial charge on any atom is 0.222 e. The van der Waals surface area contributed by atoms with E-state index in [4.69, 9.17) is 11.6 Å². The fraction of sp³-hybridized carbons (Fsp3) is 0.333. The van der Waals surface area contributed by atoms with Crippen LogP contribution in [0.4, 0.5) is 5.95 Å². The zero-order chi connectivity index (χ0) is 13.4. The van der Waals surface area contributed by atoms with Crippen molar-refractivity contribution in [3.05, 3.63) is 40.7 Å². The second kappa shape index (κ2) is 4.82. The van der Waals surface area contributed by atoms with Crippen molar-refractivity contribution in [3.8, 4) is 11.1 Å². The third-order valence-electron chi connectivity index (χ3n) is 3.56. The highest BCUT2D eigenvalue weighted by molar-refractivity contribution is 6.33. The van der Waals surface area contributed by atoms with E-state index >= 15 is 0 Å². The number of aromatic nitrogens is 2. The highest BCUT2D eigenvalue weighted by Gasteiger charge is 2.26. The van der Waals surface area contributed by atoms with Gasteiger partial charge in [0, 0.05) is 35.6 Å². The lowest BCUT2D eigenvalue weighted by Gasteiger charge is -2.10. The molecule has 1 N–H and O–H groups in total. The van der Waals surface area contributed by atoms with E-state index in [1.54, 1.807) is 19.4 Å². The predicted octanol–water partition coefficient (Wildman–Crippen LogP) is 4.02. The van der Waals surface area contributed by atoms with Gasteiger partial charge in [0.25, 0.3) is 0 Å². The minimum atomic E-state index is 0.617. The summed E-state index contributed by atoms with van der Waals surface area (Å²) in [7, 11) is 1.80. The highest BCUT2D eigenvalue weighted by Crippen LogP contribution is 2.44. The van der Waals surface area contributed by atoms with Crippen molar-refractivity contribution in [2.45, 2.75) is 25.7 Å². The first kappa shape index (κ1) is 12.4. The fourth-order valence-corrected chi connectivity index (χ4v) is 2.63. The van der Waals surface area contributed by atoms with Gasteiger partial charge in [-0.2, -0.15) is 0 Å². The van der Waals surface area contributed by atoms with Gasteiger partial charge in [-0.1, -0.05) is 11.6 Å². The van der Waals surface area contributed by atoms with Crippen LogP contribution in [-0.4, -0.2) is 17.0 Å². The maximum atomic E-state index is 6.41.